The van der Waals surface area contributed by atoms with Crippen LogP contribution < -0.4 is 5.73 Å². The van der Waals surface area contributed by atoms with Crippen LogP contribution in [0.2, 0.25) is 0 Å². The third-order valence-electron chi connectivity index (χ3n) is 2.08. The predicted molar refractivity (Wildman–Crippen MR) is 43.7 cm³/mol. The monoisotopic (exact) mass is 173 g/mol. The Morgan fingerprint density at radius 1 is 1.75 bits per heavy atom. The Balaban J connectivity index is 2.45. The summed E-state index contributed by atoms with van der Waals surface area (Å²) in [7, 11) is 0. The van der Waals surface area contributed by atoms with Crippen molar-refractivity contribution in [3.63, 3.8) is 0 Å². The Morgan fingerprint density at radius 2 is 2.33 bits per heavy atom. The van der Waals surface area contributed by atoms with E-state index in [9.17, 15) is 4.79 Å². The van der Waals surface area contributed by atoms with Crippen molar-refractivity contribution in [3.8, 4) is 0 Å². The number of nitrogens with two attached hydrogens (primary N) is 1. The minimum atomic E-state index is -0.972. The predicted octanol–water partition coefficient (Wildman–Crippen LogP) is 0.213. The second-order valence-electron chi connectivity index (χ2n) is 3.12. The summed E-state index contributed by atoms with van der Waals surface area (Å²) in [4.78, 5) is 10.5. The highest BCUT2D eigenvalue weighted by molar-refractivity contribution is 5.74. The van der Waals surface area contributed by atoms with E-state index in [1.807, 2.05) is 6.92 Å². The molecule has 1 fully saturated rings. The zero-order valence-corrected chi connectivity index (χ0v) is 7.19. The normalized spacial score (nSPS) is 21.8. The maximum atomic E-state index is 10.5. The molecule has 0 amide bonds. The van der Waals surface area contributed by atoms with Crippen LogP contribution >= 0.6 is 0 Å². The van der Waals surface area contributed by atoms with Crippen LogP contribution in [-0.4, -0.2) is 29.8 Å². The molecular formula is C8H15NO3. The van der Waals surface area contributed by atoms with Gasteiger partial charge in [0.2, 0.25) is 0 Å². The van der Waals surface area contributed by atoms with E-state index in [1.165, 1.54) is 0 Å². The van der Waals surface area contributed by atoms with Gasteiger partial charge in [-0.1, -0.05) is 0 Å². The molecule has 0 heterocycles. The topological polar surface area (TPSA) is 72.5 Å². The summed E-state index contributed by atoms with van der Waals surface area (Å²) in [6.07, 6.45) is 1.81. The van der Waals surface area contributed by atoms with Crippen LogP contribution in [0.5, 0.6) is 0 Å². The van der Waals surface area contributed by atoms with E-state index in [2.05, 4.69) is 0 Å². The number of ether oxygens (including phenoxy) is 1. The Morgan fingerprint density at radius 3 is 2.67 bits per heavy atom. The number of carboxylic acid groups (broad SMARTS) is 1. The van der Waals surface area contributed by atoms with Crippen molar-refractivity contribution < 1.29 is 14.6 Å². The lowest BCUT2D eigenvalue weighted by Crippen LogP contribution is -2.44. The Labute approximate surface area is 71.7 Å². The number of aliphatic carboxylic acids is 1. The minimum absolute atomic E-state index is 0.285. The van der Waals surface area contributed by atoms with Crippen LogP contribution in [-0.2, 0) is 9.53 Å². The molecule has 4 heteroatoms. The summed E-state index contributed by atoms with van der Waals surface area (Å²) in [6, 6.07) is -0.863. The molecule has 12 heavy (non-hydrogen) atoms. The van der Waals surface area contributed by atoms with Gasteiger partial charge in [0.25, 0.3) is 0 Å². The van der Waals surface area contributed by atoms with Crippen LogP contribution in [0.25, 0.3) is 0 Å². The molecule has 0 aliphatic heterocycles. The van der Waals surface area contributed by atoms with Crippen LogP contribution in [0.15, 0.2) is 0 Å². The molecule has 1 aliphatic rings. The molecule has 0 radical (unpaired) electrons. The summed E-state index contributed by atoms with van der Waals surface area (Å²) >= 11 is 0. The van der Waals surface area contributed by atoms with E-state index in [4.69, 9.17) is 15.6 Å². The van der Waals surface area contributed by atoms with Crippen molar-refractivity contribution >= 4 is 5.97 Å². The first-order valence-corrected chi connectivity index (χ1v) is 4.26. The fourth-order valence-electron chi connectivity index (χ4n) is 1.29. The quantitative estimate of drug-likeness (QED) is 0.623. The first-order chi connectivity index (χ1) is 5.66. The van der Waals surface area contributed by atoms with Crippen molar-refractivity contribution in [1.29, 1.82) is 0 Å². The van der Waals surface area contributed by atoms with E-state index in [0.717, 1.165) is 12.8 Å². The Hall–Kier alpha value is -0.610. The lowest BCUT2D eigenvalue weighted by Gasteiger charge is -2.19. The summed E-state index contributed by atoms with van der Waals surface area (Å²) < 4.78 is 5.28. The molecule has 1 aliphatic carbocycles. The zero-order chi connectivity index (χ0) is 9.14. The third-order valence-corrected chi connectivity index (χ3v) is 2.08. The van der Waals surface area contributed by atoms with Crippen LogP contribution in [0.3, 0.4) is 0 Å². The number of carbonyl (C=O) groups is 1. The minimum Gasteiger partial charge on any atom is -0.480 e. The summed E-state index contributed by atoms with van der Waals surface area (Å²) in [5.41, 5.74) is 5.46. The molecule has 2 unspecified atom stereocenters. The third kappa shape index (κ3) is 2.19. The van der Waals surface area contributed by atoms with E-state index in [1.54, 1.807) is 0 Å². The molecule has 2 atom stereocenters. The lowest BCUT2D eigenvalue weighted by molar-refractivity contribution is -0.142. The van der Waals surface area contributed by atoms with E-state index < -0.39 is 12.0 Å². The van der Waals surface area contributed by atoms with Gasteiger partial charge in [0.1, 0.15) is 6.04 Å². The molecule has 0 aromatic heterocycles. The molecule has 1 rings (SSSR count). The van der Waals surface area contributed by atoms with Gasteiger partial charge in [-0.15, -0.1) is 0 Å². The second kappa shape index (κ2) is 3.87. The standard InChI is InChI=1S/C8H15NO3/c1-2-12-7(5-3-4-5)6(9)8(10)11/h5-7H,2-4,9H2,1H3,(H,10,11). The van der Waals surface area contributed by atoms with E-state index in [-0.39, 0.29) is 6.10 Å². The molecule has 0 aromatic carbocycles. The highest BCUT2D eigenvalue weighted by Crippen LogP contribution is 2.35. The van der Waals surface area contributed by atoms with Gasteiger partial charge in [-0.05, 0) is 25.7 Å². The molecule has 0 spiro atoms. The fraction of sp³-hybridized carbons (Fsp3) is 0.875. The first-order valence-electron chi connectivity index (χ1n) is 4.26. The average Bonchev–Trinajstić information content (AvgIpc) is 2.81. The van der Waals surface area contributed by atoms with Crippen LogP contribution in [0, 0.1) is 5.92 Å². The Kier molecular flexibility index (Phi) is 3.05. The largest absolute Gasteiger partial charge is 0.480 e. The van der Waals surface area contributed by atoms with Crippen molar-refractivity contribution in [3.05, 3.63) is 0 Å². The molecular weight excluding hydrogens is 158 g/mol. The molecule has 0 bridgehead atoms. The number of hydrogen-bond acceptors (Lipinski definition) is 3. The highest BCUT2D eigenvalue weighted by atomic mass is 16.5. The molecule has 0 saturated heterocycles. The maximum Gasteiger partial charge on any atom is 0.323 e. The van der Waals surface area contributed by atoms with Crippen molar-refractivity contribution in [2.75, 3.05) is 6.61 Å². The van der Waals surface area contributed by atoms with Gasteiger partial charge in [0.15, 0.2) is 0 Å². The lowest BCUT2D eigenvalue weighted by atomic mass is 10.1. The number of carboxylic acids is 1. The summed E-state index contributed by atoms with van der Waals surface area (Å²) in [6.45, 7) is 2.38. The SMILES string of the molecule is CCOC(C1CC1)C(N)C(=O)O. The number of rotatable bonds is 5. The molecule has 0 aromatic rings. The average molecular weight is 173 g/mol. The van der Waals surface area contributed by atoms with Gasteiger partial charge in [0, 0.05) is 6.61 Å². The number of hydrogen-bond donors (Lipinski definition) is 2. The first kappa shape index (κ1) is 9.48. The molecule has 4 nitrogen and oxygen atoms in total. The van der Waals surface area contributed by atoms with Gasteiger partial charge in [-0.25, -0.2) is 0 Å². The zero-order valence-electron chi connectivity index (χ0n) is 7.19. The fourth-order valence-corrected chi connectivity index (χ4v) is 1.29. The maximum absolute atomic E-state index is 10.5. The molecule has 70 valence electrons. The van der Waals surface area contributed by atoms with Crippen molar-refractivity contribution in [2.45, 2.75) is 31.9 Å². The van der Waals surface area contributed by atoms with E-state index in [0.29, 0.717) is 12.5 Å². The highest BCUT2D eigenvalue weighted by Gasteiger charge is 2.38. The van der Waals surface area contributed by atoms with Gasteiger partial charge >= 0.3 is 5.97 Å². The van der Waals surface area contributed by atoms with Gasteiger partial charge in [-0.2, -0.15) is 0 Å². The summed E-state index contributed by atoms with van der Waals surface area (Å²) in [5, 5.41) is 8.65. The second-order valence-corrected chi connectivity index (χ2v) is 3.12. The van der Waals surface area contributed by atoms with Crippen LogP contribution in [0.1, 0.15) is 19.8 Å². The summed E-state index contributed by atoms with van der Waals surface area (Å²) in [5.74, 6) is -0.601. The van der Waals surface area contributed by atoms with E-state index >= 15 is 0 Å². The van der Waals surface area contributed by atoms with Gasteiger partial charge in [0.05, 0.1) is 6.10 Å². The Bertz CT molecular complexity index is 168. The molecule has 1 saturated carbocycles. The molecule has 3 N–H and O–H groups in total. The van der Waals surface area contributed by atoms with Gasteiger partial charge in [-0.3, -0.25) is 4.79 Å². The van der Waals surface area contributed by atoms with Crippen LogP contribution in [0.4, 0.5) is 0 Å². The smallest absolute Gasteiger partial charge is 0.323 e. The van der Waals surface area contributed by atoms with Crippen molar-refractivity contribution in [2.24, 2.45) is 11.7 Å². The van der Waals surface area contributed by atoms with Gasteiger partial charge < -0.3 is 15.6 Å². The van der Waals surface area contributed by atoms with Crippen molar-refractivity contribution in [1.82, 2.24) is 0 Å².